The largest absolute Gasteiger partial charge is 0.314 e. The second-order valence-corrected chi connectivity index (χ2v) is 6.61. The van der Waals surface area contributed by atoms with Crippen LogP contribution in [-0.4, -0.2) is 18.3 Å². The standard InChI is InChI=1S/C15H23Cl2NS/c1-3-9-18-13(4-2)6-5-10-19-15-11-12(16)7-8-14(15)17/h7-8,11,13,18H,3-6,9-10H2,1-2H3. The van der Waals surface area contributed by atoms with Gasteiger partial charge in [-0.25, -0.2) is 0 Å². The maximum absolute atomic E-state index is 6.14. The average Bonchev–Trinajstić information content (AvgIpc) is 2.41. The minimum atomic E-state index is 0.649. The predicted molar refractivity (Wildman–Crippen MR) is 88.8 cm³/mol. The van der Waals surface area contributed by atoms with Gasteiger partial charge in [0.1, 0.15) is 0 Å². The highest BCUT2D eigenvalue weighted by atomic mass is 35.5. The molecule has 0 saturated carbocycles. The van der Waals surface area contributed by atoms with Crippen molar-refractivity contribution in [2.75, 3.05) is 12.3 Å². The van der Waals surface area contributed by atoms with E-state index in [0.717, 1.165) is 27.2 Å². The van der Waals surface area contributed by atoms with E-state index in [9.17, 15) is 0 Å². The van der Waals surface area contributed by atoms with Crippen molar-refractivity contribution in [3.8, 4) is 0 Å². The van der Waals surface area contributed by atoms with Crippen LogP contribution < -0.4 is 5.32 Å². The lowest BCUT2D eigenvalue weighted by atomic mass is 10.1. The number of hydrogen-bond acceptors (Lipinski definition) is 2. The Bertz CT molecular complexity index is 371. The first-order chi connectivity index (χ1) is 9.17. The fraction of sp³-hybridized carbons (Fsp3) is 0.600. The molecule has 0 heterocycles. The first-order valence-corrected chi connectivity index (χ1v) is 8.72. The lowest BCUT2D eigenvalue weighted by molar-refractivity contribution is 0.465. The van der Waals surface area contributed by atoms with Crippen molar-refractivity contribution in [3.63, 3.8) is 0 Å². The van der Waals surface area contributed by atoms with Crippen LogP contribution in [0.15, 0.2) is 23.1 Å². The van der Waals surface area contributed by atoms with E-state index >= 15 is 0 Å². The molecule has 1 atom stereocenters. The van der Waals surface area contributed by atoms with Crippen molar-refractivity contribution in [3.05, 3.63) is 28.2 Å². The molecule has 1 nitrogen and oxygen atoms in total. The van der Waals surface area contributed by atoms with E-state index in [2.05, 4.69) is 19.2 Å². The van der Waals surface area contributed by atoms with Crippen molar-refractivity contribution >= 4 is 35.0 Å². The van der Waals surface area contributed by atoms with E-state index in [1.807, 2.05) is 18.2 Å². The number of nitrogens with one attached hydrogen (secondary N) is 1. The summed E-state index contributed by atoms with van der Waals surface area (Å²) < 4.78 is 0. The molecule has 0 aliphatic heterocycles. The van der Waals surface area contributed by atoms with Gasteiger partial charge in [-0.1, -0.05) is 37.0 Å². The Kier molecular flexibility index (Phi) is 8.97. The number of rotatable bonds is 9. The molecule has 0 fully saturated rings. The van der Waals surface area contributed by atoms with E-state index in [1.165, 1.54) is 25.7 Å². The molecule has 0 aliphatic rings. The van der Waals surface area contributed by atoms with Gasteiger partial charge >= 0.3 is 0 Å². The molecule has 0 aliphatic carbocycles. The van der Waals surface area contributed by atoms with Crippen molar-refractivity contribution in [1.82, 2.24) is 5.32 Å². The highest BCUT2D eigenvalue weighted by molar-refractivity contribution is 7.99. The Morgan fingerprint density at radius 3 is 2.74 bits per heavy atom. The summed E-state index contributed by atoms with van der Waals surface area (Å²) in [6.07, 6.45) is 4.82. The molecule has 1 rings (SSSR count). The summed E-state index contributed by atoms with van der Waals surface area (Å²) >= 11 is 13.9. The molecule has 19 heavy (non-hydrogen) atoms. The van der Waals surface area contributed by atoms with Gasteiger partial charge in [0, 0.05) is 16.0 Å². The van der Waals surface area contributed by atoms with Gasteiger partial charge in [-0.2, -0.15) is 0 Å². The molecule has 0 saturated heterocycles. The van der Waals surface area contributed by atoms with Crippen LogP contribution in [0.4, 0.5) is 0 Å². The predicted octanol–water partition coefficient (Wildman–Crippen LogP) is 5.64. The fourth-order valence-corrected chi connectivity index (χ4v) is 3.36. The first-order valence-electron chi connectivity index (χ1n) is 6.98. The molecule has 4 heteroatoms. The zero-order chi connectivity index (χ0) is 14.1. The number of halogens is 2. The molecular formula is C15H23Cl2NS. The third kappa shape index (κ3) is 6.89. The number of thioether (sulfide) groups is 1. The van der Waals surface area contributed by atoms with Gasteiger partial charge in [-0.3, -0.25) is 0 Å². The highest BCUT2D eigenvalue weighted by Crippen LogP contribution is 2.30. The fourth-order valence-electron chi connectivity index (χ4n) is 1.90. The van der Waals surface area contributed by atoms with Gasteiger partial charge in [-0.05, 0) is 56.2 Å². The Morgan fingerprint density at radius 2 is 2.05 bits per heavy atom. The molecule has 0 amide bonds. The van der Waals surface area contributed by atoms with Gasteiger partial charge < -0.3 is 5.32 Å². The maximum atomic E-state index is 6.14. The van der Waals surface area contributed by atoms with Crippen molar-refractivity contribution in [1.29, 1.82) is 0 Å². The molecular weight excluding hydrogens is 297 g/mol. The van der Waals surface area contributed by atoms with Gasteiger partial charge in [0.25, 0.3) is 0 Å². The summed E-state index contributed by atoms with van der Waals surface area (Å²) in [6, 6.07) is 6.29. The Labute approximate surface area is 131 Å². The maximum Gasteiger partial charge on any atom is 0.0542 e. The monoisotopic (exact) mass is 319 g/mol. The van der Waals surface area contributed by atoms with Crippen molar-refractivity contribution in [2.24, 2.45) is 0 Å². The minimum absolute atomic E-state index is 0.649. The third-order valence-corrected chi connectivity index (χ3v) is 4.84. The summed E-state index contributed by atoms with van der Waals surface area (Å²) in [4.78, 5) is 1.09. The van der Waals surface area contributed by atoms with Crippen LogP contribution in [-0.2, 0) is 0 Å². The molecule has 1 unspecified atom stereocenters. The zero-order valence-corrected chi connectivity index (χ0v) is 14.0. The van der Waals surface area contributed by atoms with Crippen LogP contribution in [0.3, 0.4) is 0 Å². The lowest BCUT2D eigenvalue weighted by Gasteiger charge is -2.16. The first kappa shape index (κ1) is 17.2. The molecule has 108 valence electrons. The van der Waals surface area contributed by atoms with Crippen LogP contribution in [0, 0.1) is 0 Å². The van der Waals surface area contributed by atoms with E-state index in [0.29, 0.717) is 6.04 Å². The number of benzene rings is 1. The highest BCUT2D eigenvalue weighted by Gasteiger charge is 2.06. The molecule has 1 N–H and O–H groups in total. The van der Waals surface area contributed by atoms with E-state index in [-0.39, 0.29) is 0 Å². The average molecular weight is 320 g/mol. The Morgan fingerprint density at radius 1 is 1.26 bits per heavy atom. The zero-order valence-electron chi connectivity index (χ0n) is 11.7. The third-order valence-electron chi connectivity index (χ3n) is 3.02. The van der Waals surface area contributed by atoms with Crippen LogP contribution in [0.2, 0.25) is 10.0 Å². The molecule has 0 aromatic heterocycles. The topological polar surface area (TPSA) is 12.0 Å². The van der Waals surface area contributed by atoms with Crippen LogP contribution >= 0.6 is 35.0 Å². The van der Waals surface area contributed by atoms with Crippen LogP contribution in [0.25, 0.3) is 0 Å². The van der Waals surface area contributed by atoms with Gasteiger partial charge in [0.2, 0.25) is 0 Å². The summed E-state index contributed by atoms with van der Waals surface area (Å²) in [5.74, 6) is 1.09. The molecule has 0 radical (unpaired) electrons. The van der Waals surface area contributed by atoms with Gasteiger partial charge in [-0.15, -0.1) is 11.8 Å². The van der Waals surface area contributed by atoms with Gasteiger partial charge in [0.15, 0.2) is 0 Å². The van der Waals surface area contributed by atoms with Gasteiger partial charge in [0.05, 0.1) is 5.02 Å². The quantitative estimate of drug-likeness (QED) is 0.466. The number of hydrogen-bond donors (Lipinski definition) is 1. The van der Waals surface area contributed by atoms with E-state index in [4.69, 9.17) is 23.2 Å². The van der Waals surface area contributed by atoms with Crippen LogP contribution in [0.1, 0.15) is 39.5 Å². The normalized spacial score (nSPS) is 12.6. The molecule has 1 aromatic carbocycles. The van der Waals surface area contributed by atoms with E-state index in [1.54, 1.807) is 11.8 Å². The summed E-state index contributed by atoms with van der Waals surface area (Å²) in [5, 5.41) is 5.13. The Balaban J connectivity index is 2.27. The lowest BCUT2D eigenvalue weighted by Crippen LogP contribution is -2.29. The summed E-state index contributed by atoms with van der Waals surface area (Å²) in [6.45, 7) is 5.57. The minimum Gasteiger partial charge on any atom is -0.314 e. The molecule has 0 bridgehead atoms. The van der Waals surface area contributed by atoms with Crippen molar-refractivity contribution < 1.29 is 0 Å². The summed E-state index contributed by atoms with van der Waals surface area (Å²) in [5.41, 5.74) is 0. The molecule has 0 spiro atoms. The second kappa shape index (κ2) is 9.93. The van der Waals surface area contributed by atoms with E-state index < -0.39 is 0 Å². The molecule has 1 aromatic rings. The smallest absolute Gasteiger partial charge is 0.0542 e. The Hall–Kier alpha value is 0.110. The van der Waals surface area contributed by atoms with Crippen LogP contribution in [0.5, 0.6) is 0 Å². The second-order valence-electron chi connectivity index (χ2n) is 4.62. The summed E-state index contributed by atoms with van der Waals surface area (Å²) in [7, 11) is 0. The SMILES string of the molecule is CCCNC(CC)CCCSc1cc(Cl)ccc1Cl. The van der Waals surface area contributed by atoms with Crippen molar-refractivity contribution in [2.45, 2.75) is 50.5 Å².